The summed E-state index contributed by atoms with van der Waals surface area (Å²) in [7, 11) is 0. The van der Waals surface area contributed by atoms with Crippen LogP contribution in [0, 0.1) is 0 Å². The smallest absolute Gasteiger partial charge is 0.372 e. The van der Waals surface area contributed by atoms with Crippen LogP contribution >= 0.6 is 0 Å². The second-order valence-electron chi connectivity index (χ2n) is 8.43. The zero-order valence-corrected chi connectivity index (χ0v) is 18.6. The van der Waals surface area contributed by atoms with Crippen molar-refractivity contribution in [3.63, 3.8) is 0 Å². The molecule has 4 nitrogen and oxygen atoms in total. The van der Waals surface area contributed by atoms with Gasteiger partial charge in [-0.2, -0.15) is 26.3 Å². The van der Waals surface area contributed by atoms with Crippen LogP contribution in [0.1, 0.15) is 46.8 Å². The van der Waals surface area contributed by atoms with Crippen molar-refractivity contribution in [1.82, 2.24) is 14.9 Å². The van der Waals surface area contributed by atoms with Gasteiger partial charge in [-0.15, -0.1) is 0 Å². The Morgan fingerprint density at radius 1 is 0.914 bits per heavy atom. The highest BCUT2D eigenvalue weighted by Crippen LogP contribution is 2.38. The summed E-state index contributed by atoms with van der Waals surface area (Å²) < 4.78 is 85.5. The molecule has 1 aliphatic rings. The molecule has 0 saturated carbocycles. The number of alkyl halides is 6. The number of ether oxygens (including phenoxy) is 1. The largest absolute Gasteiger partial charge is 0.416 e. The van der Waals surface area contributed by atoms with Gasteiger partial charge in [-0.25, -0.2) is 0 Å². The molecule has 0 bridgehead atoms. The van der Waals surface area contributed by atoms with Gasteiger partial charge in [0, 0.05) is 25.1 Å². The number of hydrogen-bond acceptors (Lipinski definition) is 4. The molecule has 2 heterocycles. The Morgan fingerprint density at radius 3 is 2.20 bits per heavy atom. The van der Waals surface area contributed by atoms with Gasteiger partial charge in [0.15, 0.2) is 0 Å². The van der Waals surface area contributed by atoms with E-state index in [1.807, 2.05) is 30.3 Å². The number of nitrogens with zero attached hydrogens (tertiary/aromatic N) is 3. The Hall–Kier alpha value is -2.98. The van der Waals surface area contributed by atoms with E-state index in [0.29, 0.717) is 25.1 Å². The van der Waals surface area contributed by atoms with Gasteiger partial charge in [-0.1, -0.05) is 30.3 Å². The Bertz CT molecular complexity index is 1070. The summed E-state index contributed by atoms with van der Waals surface area (Å²) in [5.74, 6) is 0. The number of piperidine rings is 1. The quantitative estimate of drug-likeness (QED) is 0.369. The average molecular weight is 495 g/mol. The van der Waals surface area contributed by atoms with E-state index in [0.717, 1.165) is 24.2 Å². The number of aromatic nitrogens is 2. The molecule has 186 valence electrons. The van der Waals surface area contributed by atoms with Crippen molar-refractivity contribution in [2.75, 3.05) is 6.54 Å². The fraction of sp³-hybridized carbons (Fsp3) is 0.360. The molecule has 2 aromatic carbocycles. The first-order valence-electron chi connectivity index (χ1n) is 11.0. The number of likely N-dealkylation sites (tertiary alicyclic amines) is 1. The van der Waals surface area contributed by atoms with Gasteiger partial charge in [0.05, 0.1) is 35.6 Å². The molecule has 0 radical (unpaired) electrons. The van der Waals surface area contributed by atoms with Crippen molar-refractivity contribution in [2.45, 2.75) is 50.5 Å². The van der Waals surface area contributed by atoms with E-state index in [4.69, 9.17) is 4.74 Å². The van der Waals surface area contributed by atoms with E-state index in [-0.39, 0.29) is 24.3 Å². The number of hydrogen-bond donors (Lipinski definition) is 0. The number of benzene rings is 2. The van der Waals surface area contributed by atoms with Gasteiger partial charge < -0.3 is 4.74 Å². The highest BCUT2D eigenvalue weighted by Gasteiger charge is 2.38. The maximum Gasteiger partial charge on any atom is 0.416 e. The first kappa shape index (κ1) is 25.1. The van der Waals surface area contributed by atoms with E-state index >= 15 is 0 Å². The highest BCUT2D eigenvalue weighted by atomic mass is 19.4. The lowest BCUT2D eigenvalue weighted by atomic mass is 9.92. The minimum Gasteiger partial charge on any atom is -0.372 e. The van der Waals surface area contributed by atoms with Crippen LogP contribution < -0.4 is 0 Å². The molecule has 35 heavy (non-hydrogen) atoms. The van der Waals surface area contributed by atoms with Gasteiger partial charge in [-0.3, -0.25) is 14.9 Å². The summed E-state index contributed by atoms with van der Waals surface area (Å²) in [6, 6.07) is 10.8. The zero-order valence-electron chi connectivity index (χ0n) is 18.6. The third-order valence-corrected chi connectivity index (χ3v) is 5.91. The fourth-order valence-corrected chi connectivity index (χ4v) is 4.38. The van der Waals surface area contributed by atoms with Crippen LogP contribution in [0.2, 0.25) is 0 Å². The molecular formula is C25H23F6N3O. The molecular weight excluding hydrogens is 472 g/mol. The average Bonchev–Trinajstić information content (AvgIpc) is 2.83. The fourth-order valence-electron chi connectivity index (χ4n) is 4.38. The standard InChI is InChI=1S/C25H23F6N3O/c26-24(27,28)19-11-17(12-20(13-19)25(29,30)31)16-35-22-7-4-10-34(15-21-14-32-8-9-33-21)23(22)18-5-2-1-3-6-18/h1-3,5-6,8-9,11-14,22-23H,4,7,10,15-16H2/t22-,23-/m0/s1. The molecule has 1 saturated heterocycles. The van der Waals surface area contributed by atoms with Crippen molar-refractivity contribution in [1.29, 1.82) is 0 Å². The molecule has 10 heteroatoms. The Balaban J connectivity index is 1.60. The number of halogens is 6. The lowest BCUT2D eigenvalue weighted by Crippen LogP contribution is -2.42. The normalized spacial score (nSPS) is 19.6. The second kappa shape index (κ2) is 10.3. The third kappa shape index (κ3) is 6.37. The van der Waals surface area contributed by atoms with Crippen molar-refractivity contribution in [3.8, 4) is 0 Å². The molecule has 0 spiro atoms. The molecule has 2 atom stereocenters. The van der Waals surface area contributed by atoms with Gasteiger partial charge >= 0.3 is 12.4 Å². The van der Waals surface area contributed by atoms with Crippen LogP contribution in [0.15, 0.2) is 67.1 Å². The second-order valence-corrected chi connectivity index (χ2v) is 8.43. The molecule has 1 aliphatic heterocycles. The monoisotopic (exact) mass is 495 g/mol. The summed E-state index contributed by atoms with van der Waals surface area (Å²) in [4.78, 5) is 10.6. The van der Waals surface area contributed by atoms with Crippen LogP contribution in [-0.4, -0.2) is 27.5 Å². The van der Waals surface area contributed by atoms with Crippen molar-refractivity contribution >= 4 is 0 Å². The van der Waals surface area contributed by atoms with E-state index in [1.165, 1.54) is 0 Å². The van der Waals surface area contributed by atoms with Gasteiger partial charge in [0.25, 0.3) is 0 Å². The third-order valence-electron chi connectivity index (χ3n) is 5.91. The van der Waals surface area contributed by atoms with Crippen molar-refractivity contribution < 1.29 is 31.1 Å². The Morgan fingerprint density at radius 2 is 1.60 bits per heavy atom. The minimum absolute atomic E-state index is 0.125. The summed E-state index contributed by atoms with van der Waals surface area (Å²) in [6.07, 6.45) is -4.05. The highest BCUT2D eigenvalue weighted by molar-refractivity contribution is 5.33. The Kier molecular flexibility index (Phi) is 7.42. The van der Waals surface area contributed by atoms with Gasteiger partial charge in [-0.05, 0) is 48.7 Å². The van der Waals surface area contributed by atoms with Gasteiger partial charge in [0.1, 0.15) is 0 Å². The van der Waals surface area contributed by atoms with Crippen LogP contribution in [-0.2, 0) is 30.2 Å². The molecule has 0 unspecified atom stereocenters. The SMILES string of the molecule is FC(F)(F)c1cc(CO[C@H]2CCCN(Cc3cnccn3)[C@H]2c2ccccc2)cc(C(F)(F)F)c1. The van der Waals surface area contributed by atoms with Crippen LogP contribution in [0.25, 0.3) is 0 Å². The van der Waals surface area contributed by atoms with E-state index in [1.54, 1.807) is 18.6 Å². The maximum atomic E-state index is 13.2. The molecule has 0 aliphatic carbocycles. The number of rotatable bonds is 6. The molecule has 3 aromatic rings. The molecule has 1 fully saturated rings. The maximum absolute atomic E-state index is 13.2. The van der Waals surface area contributed by atoms with Crippen LogP contribution in [0.3, 0.4) is 0 Å². The van der Waals surface area contributed by atoms with E-state index < -0.39 is 29.6 Å². The van der Waals surface area contributed by atoms with Crippen LogP contribution in [0.4, 0.5) is 26.3 Å². The first-order chi connectivity index (χ1) is 16.6. The predicted molar refractivity (Wildman–Crippen MR) is 116 cm³/mol. The van der Waals surface area contributed by atoms with Crippen LogP contribution in [0.5, 0.6) is 0 Å². The predicted octanol–water partition coefficient (Wildman–Crippen LogP) is 6.44. The lowest BCUT2D eigenvalue weighted by molar-refractivity contribution is -0.143. The first-order valence-corrected chi connectivity index (χ1v) is 11.0. The summed E-state index contributed by atoms with van der Waals surface area (Å²) in [5, 5.41) is 0. The lowest BCUT2D eigenvalue weighted by Gasteiger charge is -2.41. The Labute approximate surface area is 198 Å². The van der Waals surface area contributed by atoms with E-state index in [9.17, 15) is 26.3 Å². The molecule has 4 rings (SSSR count). The van der Waals surface area contributed by atoms with Crippen molar-refractivity contribution in [2.24, 2.45) is 0 Å². The molecule has 0 N–H and O–H groups in total. The zero-order chi connectivity index (χ0) is 25.1. The summed E-state index contributed by atoms with van der Waals surface area (Å²) in [6.45, 7) is 0.840. The molecule has 1 aromatic heterocycles. The summed E-state index contributed by atoms with van der Waals surface area (Å²) in [5.41, 5.74) is -1.18. The topological polar surface area (TPSA) is 38.2 Å². The van der Waals surface area contributed by atoms with Gasteiger partial charge in [0.2, 0.25) is 0 Å². The summed E-state index contributed by atoms with van der Waals surface area (Å²) >= 11 is 0. The minimum atomic E-state index is -4.90. The van der Waals surface area contributed by atoms with Crippen molar-refractivity contribution in [3.05, 3.63) is 95.1 Å². The van der Waals surface area contributed by atoms with E-state index in [2.05, 4.69) is 14.9 Å². The molecule has 0 amide bonds.